The minimum Gasteiger partial charge on any atom is -0.456 e. The minimum absolute atomic E-state index is 0.158. The summed E-state index contributed by atoms with van der Waals surface area (Å²) in [5, 5.41) is 6.85. The summed E-state index contributed by atoms with van der Waals surface area (Å²) in [4.78, 5) is 25.8. The summed E-state index contributed by atoms with van der Waals surface area (Å²) in [6.07, 6.45) is -0.756. The standard InChI is InChI=1S/C28H25N3O3S2/c1-18-25(36-31-30-18)24(34-19(2)32)23-26(33)29-27(23)35-28(20-12-6-3-7-13-20,21-14-8-4-9-15-21)22-16-10-5-11-17-22/h3-17,23-24,27H,1-2H3,(H,29,33). The van der Waals surface area contributed by atoms with Gasteiger partial charge < -0.3 is 10.1 Å². The molecular weight excluding hydrogens is 490 g/mol. The molecule has 1 aliphatic rings. The number of carbonyl (C=O) groups excluding carboxylic acids is 2. The zero-order valence-electron chi connectivity index (χ0n) is 19.8. The van der Waals surface area contributed by atoms with Gasteiger partial charge in [0.05, 0.1) is 20.7 Å². The molecule has 6 nitrogen and oxygen atoms in total. The van der Waals surface area contributed by atoms with Gasteiger partial charge in [0.15, 0.2) is 6.10 Å². The number of esters is 1. The first-order chi connectivity index (χ1) is 17.5. The summed E-state index contributed by atoms with van der Waals surface area (Å²) < 4.78 is 9.13. The Morgan fingerprint density at radius 3 is 1.83 bits per heavy atom. The molecule has 1 aromatic heterocycles. The Kier molecular flexibility index (Phi) is 6.89. The van der Waals surface area contributed by atoms with Gasteiger partial charge in [0.1, 0.15) is 5.92 Å². The summed E-state index contributed by atoms with van der Waals surface area (Å²) in [5.74, 6) is -1.19. The Morgan fingerprint density at radius 2 is 1.44 bits per heavy atom. The van der Waals surface area contributed by atoms with Gasteiger partial charge in [-0.2, -0.15) is 0 Å². The smallest absolute Gasteiger partial charge is 0.303 e. The Hall–Kier alpha value is -3.49. The average molecular weight is 516 g/mol. The molecule has 0 aliphatic carbocycles. The first kappa shape index (κ1) is 24.2. The van der Waals surface area contributed by atoms with Crippen LogP contribution in [-0.4, -0.2) is 26.8 Å². The number of ether oxygens (including phenoxy) is 1. The topological polar surface area (TPSA) is 81.2 Å². The van der Waals surface area contributed by atoms with E-state index in [1.165, 1.54) is 6.92 Å². The number of nitrogens with one attached hydrogen (secondary N) is 1. The van der Waals surface area contributed by atoms with E-state index in [0.717, 1.165) is 28.2 Å². The van der Waals surface area contributed by atoms with Crippen LogP contribution < -0.4 is 5.32 Å². The van der Waals surface area contributed by atoms with Gasteiger partial charge in [-0.3, -0.25) is 9.59 Å². The molecule has 3 unspecified atom stereocenters. The number of hydrogen-bond donors (Lipinski definition) is 1. The van der Waals surface area contributed by atoms with Crippen LogP contribution in [0.25, 0.3) is 0 Å². The first-order valence-electron chi connectivity index (χ1n) is 11.6. The zero-order chi connectivity index (χ0) is 25.1. The van der Waals surface area contributed by atoms with Crippen molar-refractivity contribution in [3.8, 4) is 0 Å². The molecule has 0 radical (unpaired) electrons. The summed E-state index contributed by atoms with van der Waals surface area (Å²) in [5.41, 5.74) is 3.93. The van der Waals surface area contributed by atoms with Crippen LogP contribution in [0.3, 0.4) is 0 Å². The molecule has 0 bridgehead atoms. The molecule has 1 N–H and O–H groups in total. The molecule has 36 heavy (non-hydrogen) atoms. The van der Waals surface area contributed by atoms with Crippen LogP contribution >= 0.6 is 23.3 Å². The number of nitrogens with zero attached hydrogens (tertiary/aromatic N) is 2. The van der Waals surface area contributed by atoms with Gasteiger partial charge in [-0.05, 0) is 35.1 Å². The number of carbonyl (C=O) groups is 2. The predicted octanol–water partition coefficient (Wildman–Crippen LogP) is 5.25. The van der Waals surface area contributed by atoms with Gasteiger partial charge in [-0.1, -0.05) is 95.5 Å². The van der Waals surface area contributed by atoms with Crippen molar-refractivity contribution in [1.29, 1.82) is 0 Å². The molecular formula is C28H25N3O3S2. The molecule has 0 saturated carbocycles. The Bertz CT molecular complexity index is 1250. The van der Waals surface area contributed by atoms with Gasteiger partial charge in [0.25, 0.3) is 0 Å². The number of thioether (sulfide) groups is 1. The molecule has 2 heterocycles. The van der Waals surface area contributed by atoms with E-state index in [1.807, 2.05) is 61.5 Å². The minimum atomic E-state index is -0.756. The highest BCUT2D eigenvalue weighted by Gasteiger charge is 2.53. The van der Waals surface area contributed by atoms with Crippen molar-refractivity contribution in [3.05, 3.63) is 118 Å². The largest absolute Gasteiger partial charge is 0.456 e. The number of rotatable bonds is 8. The fourth-order valence-electron chi connectivity index (χ4n) is 4.65. The average Bonchev–Trinajstić information content (AvgIpc) is 3.33. The Morgan fingerprint density at radius 1 is 0.944 bits per heavy atom. The van der Waals surface area contributed by atoms with Gasteiger partial charge in [0, 0.05) is 6.92 Å². The molecule has 1 saturated heterocycles. The van der Waals surface area contributed by atoms with Crippen LogP contribution in [0.15, 0.2) is 91.0 Å². The van der Waals surface area contributed by atoms with Gasteiger partial charge in [-0.25, -0.2) is 0 Å². The summed E-state index contributed by atoms with van der Waals surface area (Å²) in [6, 6.07) is 30.9. The van der Waals surface area contributed by atoms with Crippen molar-refractivity contribution in [1.82, 2.24) is 14.9 Å². The molecule has 4 aromatic rings. The molecule has 1 fully saturated rings. The third kappa shape index (κ3) is 4.42. The van der Waals surface area contributed by atoms with E-state index in [0.29, 0.717) is 10.6 Å². The molecule has 1 amide bonds. The number of amides is 1. The van der Waals surface area contributed by atoms with Crippen molar-refractivity contribution in [2.75, 3.05) is 0 Å². The van der Waals surface area contributed by atoms with E-state index < -0.39 is 22.7 Å². The van der Waals surface area contributed by atoms with Gasteiger partial charge in [-0.15, -0.1) is 16.9 Å². The van der Waals surface area contributed by atoms with Crippen LogP contribution in [0.1, 0.15) is 40.3 Å². The third-order valence-electron chi connectivity index (χ3n) is 6.32. The van der Waals surface area contributed by atoms with E-state index in [4.69, 9.17) is 4.74 Å². The molecule has 3 atom stereocenters. The maximum absolute atomic E-state index is 13.0. The van der Waals surface area contributed by atoms with Crippen LogP contribution in [0.2, 0.25) is 0 Å². The van der Waals surface area contributed by atoms with Crippen molar-refractivity contribution in [3.63, 3.8) is 0 Å². The second-order valence-corrected chi connectivity index (χ2v) is 10.7. The first-order valence-corrected chi connectivity index (χ1v) is 13.3. The van der Waals surface area contributed by atoms with Crippen LogP contribution in [0, 0.1) is 12.8 Å². The van der Waals surface area contributed by atoms with Crippen molar-refractivity contribution in [2.45, 2.75) is 30.1 Å². The SMILES string of the molecule is CC(=O)OC(c1snnc1C)C1C(=O)NC1SC(c1ccccc1)(c1ccccc1)c1ccccc1. The highest BCUT2D eigenvalue weighted by atomic mass is 32.2. The van der Waals surface area contributed by atoms with E-state index in [-0.39, 0.29) is 11.3 Å². The maximum atomic E-state index is 13.0. The lowest BCUT2D eigenvalue weighted by Gasteiger charge is -2.46. The normalized spacial score (nSPS) is 18.1. The highest BCUT2D eigenvalue weighted by molar-refractivity contribution is 8.01. The fraction of sp³-hybridized carbons (Fsp3) is 0.214. The van der Waals surface area contributed by atoms with Gasteiger partial charge in [0.2, 0.25) is 5.91 Å². The Balaban J connectivity index is 1.64. The second kappa shape index (κ2) is 10.2. The number of β-lactam (4-membered cyclic amide) rings is 1. The van der Waals surface area contributed by atoms with Crippen molar-refractivity contribution >= 4 is 35.2 Å². The molecule has 1 aliphatic heterocycles. The monoisotopic (exact) mass is 515 g/mol. The molecule has 3 aromatic carbocycles. The lowest BCUT2D eigenvalue weighted by molar-refractivity contribution is -0.156. The molecule has 5 rings (SSSR count). The van der Waals surface area contributed by atoms with Crippen LogP contribution in [0.5, 0.6) is 0 Å². The predicted molar refractivity (Wildman–Crippen MR) is 141 cm³/mol. The van der Waals surface area contributed by atoms with E-state index in [9.17, 15) is 9.59 Å². The summed E-state index contributed by atoms with van der Waals surface area (Å²) in [7, 11) is 0. The summed E-state index contributed by atoms with van der Waals surface area (Å²) in [6.45, 7) is 3.17. The quantitative estimate of drug-likeness (QED) is 0.196. The zero-order valence-corrected chi connectivity index (χ0v) is 21.5. The Labute approximate surface area is 218 Å². The molecule has 182 valence electrons. The van der Waals surface area contributed by atoms with Crippen molar-refractivity contribution < 1.29 is 14.3 Å². The fourth-order valence-corrected chi connectivity index (χ4v) is 7.16. The lowest BCUT2D eigenvalue weighted by atomic mass is 9.84. The van der Waals surface area contributed by atoms with Crippen LogP contribution in [0.4, 0.5) is 0 Å². The molecule has 0 spiro atoms. The molecule has 8 heteroatoms. The van der Waals surface area contributed by atoms with E-state index in [1.54, 1.807) is 11.8 Å². The summed E-state index contributed by atoms with van der Waals surface area (Å²) >= 11 is 2.81. The maximum Gasteiger partial charge on any atom is 0.303 e. The number of aryl methyl sites for hydroxylation is 1. The highest BCUT2D eigenvalue weighted by Crippen LogP contribution is 2.54. The lowest BCUT2D eigenvalue weighted by Crippen LogP contribution is -2.60. The second-order valence-electron chi connectivity index (χ2n) is 8.60. The number of aromatic nitrogens is 2. The van der Waals surface area contributed by atoms with E-state index >= 15 is 0 Å². The number of hydrogen-bond acceptors (Lipinski definition) is 7. The van der Waals surface area contributed by atoms with Crippen LogP contribution in [-0.2, 0) is 19.1 Å². The van der Waals surface area contributed by atoms with E-state index in [2.05, 4.69) is 51.3 Å². The van der Waals surface area contributed by atoms with Crippen molar-refractivity contribution in [2.24, 2.45) is 5.92 Å². The third-order valence-corrected chi connectivity index (χ3v) is 8.94. The van der Waals surface area contributed by atoms with Gasteiger partial charge >= 0.3 is 5.97 Å². The number of benzene rings is 3.